The first-order valence-corrected chi connectivity index (χ1v) is 6.41. The largest absolute Gasteiger partial charge is 0.347 e. The molecule has 2 nitrogen and oxygen atoms in total. The van der Waals surface area contributed by atoms with E-state index >= 15 is 0 Å². The summed E-state index contributed by atoms with van der Waals surface area (Å²) >= 11 is 0. The van der Waals surface area contributed by atoms with Crippen molar-refractivity contribution in [2.45, 2.75) is 71.2 Å². The van der Waals surface area contributed by atoms with Gasteiger partial charge in [0.1, 0.15) is 0 Å². The molecule has 0 aromatic rings. The summed E-state index contributed by atoms with van der Waals surface area (Å²) in [4.78, 5) is 0. The average Bonchev–Trinajstić information content (AvgIpc) is 2.60. The highest BCUT2D eigenvalue weighted by Gasteiger charge is 2.39. The topological polar surface area (TPSA) is 18.5 Å². The van der Waals surface area contributed by atoms with E-state index < -0.39 is 0 Å². The van der Waals surface area contributed by atoms with Crippen LogP contribution in [0.2, 0.25) is 0 Å². The van der Waals surface area contributed by atoms with Crippen LogP contribution in [0.25, 0.3) is 0 Å². The Morgan fingerprint density at radius 2 is 1.80 bits per heavy atom. The highest BCUT2D eigenvalue weighted by atomic mass is 16.7. The van der Waals surface area contributed by atoms with E-state index in [1.165, 1.54) is 6.42 Å². The predicted octanol–water partition coefficient (Wildman–Crippen LogP) is 3.70. The van der Waals surface area contributed by atoms with Crippen molar-refractivity contribution in [3.05, 3.63) is 6.42 Å². The molecule has 15 heavy (non-hydrogen) atoms. The SMILES string of the molecule is CCC[CH]C1COC(CCC)(CCC)O1. The summed E-state index contributed by atoms with van der Waals surface area (Å²) in [6, 6.07) is 0. The first kappa shape index (κ1) is 13.0. The quantitative estimate of drug-likeness (QED) is 0.642. The molecule has 1 heterocycles. The lowest BCUT2D eigenvalue weighted by molar-refractivity contribution is -0.175. The van der Waals surface area contributed by atoms with Gasteiger partial charge in [-0.15, -0.1) is 0 Å². The third kappa shape index (κ3) is 3.76. The molecule has 0 aromatic heterocycles. The summed E-state index contributed by atoms with van der Waals surface area (Å²) in [5.74, 6) is -0.265. The number of unbranched alkanes of at least 4 members (excludes halogenated alkanes) is 1. The lowest BCUT2D eigenvalue weighted by Crippen LogP contribution is -2.30. The molecule has 0 bridgehead atoms. The molecule has 1 radical (unpaired) electrons. The highest BCUT2D eigenvalue weighted by molar-refractivity contribution is 4.86. The van der Waals surface area contributed by atoms with Crippen LogP contribution in [0, 0.1) is 6.42 Å². The van der Waals surface area contributed by atoms with E-state index in [0.29, 0.717) is 0 Å². The van der Waals surface area contributed by atoms with Crippen LogP contribution in [-0.4, -0.2) is 18.5 Å². The van der Waals surface area contributed by atoms with Gasteiger partial charge in [0.25, 0.3) is 0 Å². The third-order valence-corrected chi connectivity index (χ3v) is 2.86. The van der Waals surface area contributed by atoms with Crippen LogP contribution in [0.1, 0.15) is 59.3 Å². The number of ether oxygens (including phenoxy) is 2. The lowest BCUT2D eigenvalue weighted by atomic mass is 10.1. The summed E-state index contributed by atoms with van der Waals surface area (Å²) in [6.07, 6.45) is 9.10. The number of hydrogen-bond donors (Lipinski definition) is 0. The molecule has 1 fully saturated rings. The number of hydrogen-bond acceptors (Lipinski definition) is 2. The molecule has 2 heteroatoms. The van der Waals surface area contributed by atoms with Crippen LogP contribution in [0.15, 0.2) is 0 Å². The first-order valence-electron chi connectivity index (χ1n) is 6.41. The van der Waals surface area contributed by atoms with Crippen molar-refractivity contribution in [2.75, 3.05) is 6.61 Å². The van der Waals surface area contributed by atoms with Gasteiger partial charge in [0.2, 0.25) is 0 Å². The fourth-order valence-electron chi connectivity index (χ4n) is 2.20. The van der Waals surface area contributed by atoms with Crippen molar-refractivity contribution >= 4 is 0 Å². The van der Waals surface area contributed by atoms with Gasteiger partial charge in [-0.1, -0.05) is 40.0 Å². The second kappa shape index (κ2) is 6.49. The Labute approximate surface area is 94.3 Å². The van der Waals surface area contributed by atoms with Crippen LogP contribution in [0.4, 0.5) is 0 Å². The van der Waals surface area contributed by atoms with E-state index in [0.717, 1.165) is 38.7 Å². The second-order valence-electron chi connectivity index (χ2n) is 4.40. The maximum atomic E-state index is 6.05. The molecule has 1 rings (SSSR count). The van der Waals surface area contributed by atoms with Crippen molar-refractivity contribution in [3.63, 3.8) is 0 Å². The van der Waals surface area contributed by atoms with Crippen molar-refractivity contribution in [1.29, 1.82) is 0 Å². The summed E-state index contributed by atoms with van der Waals surface area (Å²) < 4.78 is 11.9. The van der Waals surface area contributed by atoms with E-state index in [4.69, 9.17) is 9.47 Å². The summed E-state index contributed by atoms with van der Waals surface area (Å²) in [6.45, 7) is 7.32. The van der Waals surface area contributed by atoms with Gasteiger partial charge in [-0.25, -0.2) is 0 Å². The molecule has 0 amide bonds. The average molecular weight is 213 g/mol. The maximum absolute atomic E-state index is 6.05. The summed E-state index contributed by atoms with van der Waals surface area (Å²) in [5.41, 5.74) is 0. The molecule has 0 spiro atoms. The van der Waals surface area contributed by atoms with Crippen molar-refractivity contribution in [3.8, 4) is 0 Å². The van der Waals surface area contributed by atoms with Gasteiger partial charge in [0, 0.05) is 12.8 Å². The molecule has 1 unspecified atom stereocenters. The molecule has 0 aliphatic carbocycles. The maximum Gasteiger partial charge on any atom is 0.168 e. The zero-order valence-corrected chi connectivity index (χ0v) is 10.4. The van der Waals surface area contributed by atoms with Gasteiger partial charge in [-0.2, -0.15) is 0 Å². The Morgan fingerprint density at radius 3 is 2.33 bits per heavy atom. The van der Waals surface area contributed by atoms with Crippen LogP contribution in [-0.2, 0) is 9.47 Å². The summed E-state index contributed by atoms with van der Waals surface area (Å²) in [5, 5.41) is 0. The molecule has 0 N–H and O–H groups in total. The zero-order valence-electron chi connectivity index (χ0n) is 10.4. The molecule has 1 atom stereocenters. The second-order valence-corrected chi connectivity index (χ2v) is 4.40. The smallest absolute Gasteiger partial charge is 0.168 e. The Bertz CT molecular complexity index is 162. The van der Waals surface area contributed by atoms with Crippen LogP contribution >= 0.6 is 0 Å². The van der Waals surface area contributed by atoms with E-state index in [2.05, 4.69) is 27.2 Å². The monoisotopic (exact) mass is 213 g/mol. The molecule has 89 valence electrons. The predicted molar refractivity (Wildman–Crippen MR) is 62.6 cm³/mol. The summed E-state index contributed by atoms with van der Waals surface area (Å²) in [7, 11) is 0. The minimum absolute atomic E-state index is 0.225. The van der Waals surface area contributed by atoms with Crippen LogP contribution in [0.5, 0.6) is 0 Å². The molecule has 1 aliphatic rings. The molecule has 0 aromatic carbocycles. The van der Waals surface area contributed by atoms with Gasteiger partial charge >= 0.3 is 0 Å². The van der Waals surface area contributed by atoms with Crippen LogP contribution < -0.4 is 0 Å². The van der Waals surface area contributed by atoms with Gasteiger partial charge in [-0.3, -0.25) is 0 Å². The minimum atomic E-state index is -0.265. The minimum Gasteiger partial charge on any atom is -0.347 e. The van der Waals surface area contributed by atoms with Gasteiger partial charge < -0.3 is 9.47 Å². The molecular weight excluding hydrogens is 188 g/mol. The van der Waals surface area contributed by atoms with Gasteiger partial charge in [-0.05, 0) is 12.8 Å². The Hall–Kier alpha value is -0.0800. The Kier molecular flexibility index (Phi) is 5.62. The fourth-order valence-corrected chi connectivity index (χ4v) is 2.20. The normalized spacial score (nSPS) is 24.6. The zero-order chi connectivity index (χ0) is 11.1. The Morgan fingerprint density at radius 1 is 1.13 bits per heavy atom. The third-order valence-electron chi connectivity index (χ3n) is 2.86. The van der Waals surface area contributed by atoms with Crippen molar-refractivity contribution in [2.24, 2.45) is 0 Å². The van der Waals surface area contributed by atoms with E-state index in [1.54, 1.807) is 0 Å². The van der Waals surface area contributed by atoms with Gasteiger partial charge in [0.05, 0.1) is 12.7 Å². The van der Waals surface area contributed by atoms with E-state index in [1.807, 2.05) is 0 Å². The van der Waals surface area contributed by atoms with E-state index in [-0.39, 0.29) is 11.9 Å². The lowest BCUT2D eigenvalue weighted by Gasteiger charge is -2.27. The molecule has 1 saturated heterocycles. The van der Waals surface area contributed by atoms with Crippen molar-refractivity contribution in [1.82, 2.24) is 0 Å². The molecular formula is C13H25O2. The highest BCUT2D eigenvalue weighted by Crippen LogP contribution is 2.34. The molecule has 0 saturated carbocycles. The van der Waals surface area contributed by atoms with E-state index in [9.17, 15) is 0 Å². The van der Waals surface area contributed by atoms with Crippen LogP contribution in [0.3, 0.4) is 0 Å². The molecule has 1 aliphatic heterocycles. The van der Waals surface area contributed by atoms with Gasteiger partial charge in [0.15, 0.2) is 5.79 Å². The number of rotatable bonds is 7. The first-order chi connectivity index (χ1) is 7.26. The van der Waals surface area contributed by atoms with Crippen molar-refractivity contribution < 1.29 is 9.47 Å². The standard InChI is InChI=1S/C13H25O2/c1-4-7-8-12-11-14-13(15-12,9-5-2)10-6-3/h8,12H,4-7,9-11H2,1-3H3. The Balaban J connectivity index is 2.40. The fraction of sp³-hybridized carbons (Fsp3) is 0.923.